The number of rotatable bonds is 6. The molecule has 1 aliphatic rings. The Balaban J connectivity index is 2.83. The minimum atomic E-state index is -3.23. The largest absolute Gasteiger partial charge is 0.467 e. The van der Waals surface area contributed by atoms with Crippen LogP contribution in [0.25, 0.3) is 0 Å². The van der Waals surface area contributed by atoms with Gasteiger partial charge in [-0.05, 0) is 13.3 Å². The molecule has 1 saturated heterocycles. The van der Waals surface area contributed by atoms with Gasteiger partial charge < -0.3 is 18.7 Å². The van der Waals surface area contributed by atoms with Crippen LogP contribution >= 0.6 is 7.60 Å². The van der Waals surface area contributed by atoms with Crippen LogP contribution in [0.1, 0.15) is 19.8 Å². The molecule has 19 heavy (non-hydrogen) atoms. The molecule has 0 aliphatic carbocycles. The molecule has 0 aromatic carbocycles. The minimum absolute atomic E-state index is 0.0409. The number of ether oxygens (including phenoxy) is 1. The summed E-state index contributed by atoms with van der Waals surface area (Å²) in [4.78, 5) is 24.9. The van der Waals surface area contributed by atoms with E-state index in [4.69, 9.17) is 9.05 Å². The van der Waals surface area contributed by atoms with E-state index in [9.17, 15) is 14.2 Å². The number of nitrogens with zero attached hydrogens (tertiary/aromatic N) is 1. The van der Waals surface area contributed by atoms with Crippen molar-refractivity contribution >= 4 is 19.5 Å². The average molecular weight is 293 g/mol. The number of methoxy groups -OCH3 is 1. The molecule has 0 aromatic rings. The number of carbonyl (C=O) groups excluding carboxylic acids is 2. The lowest BCUT2D eigenvalue weighted by atomic mass is 10.2. The van der Waals surface area contributed by atoms with E-state index in [1.807, 2.05) is 0 Å². The predicted octanol–water partition coefficient (Wildman–Crippen LogP) is 1.02. The quantitative estimate of drug-likeness (QED) is 0.537. The molecule has 7 nitrogen and oxygen atoms in total. The van der Waals surface area contributed by atoms with Gasteiger partial charge in [-0.2, -0.15) is 0 Å². The molecule has 0 N–H and O–H groups in total. The van der Waals surface area contributed by atoms with Crippen LogP contribution in [0.4, 0.5) is 0 Å². The van der Waals surface area contributed by atoms with Crippen molar-refractivity contribution in [3.05, 3.63) is 0 Å². The second kappa shape index (κ2) is 6.50. The molecule has 0 bridgehead atoms. The molecule has 1 heterocycles. The standard InChI is InChI=1S/C11H20NO6P/c1-8(7-19(15,17-3)18-4)12-9(11(14)16-2)5-6-10(12)13/h8-9H,5-7H2,1-4H3. The fourth-order valence-corrected chi connectivity index (χ4v) is 3.53. The molecule has 0 aromatic heterocycles. The summed E-state index contributed by atoms with van der Waals surface area (Å²) in [5.74, 6) is -0.607. The number of hydrogen-bond donors (Lipinski definition) is 0. The second-order valence-electron chi connectivity index (χ2n) is 4.39. The number of likely N-dealkylation sites (tertiary alicyclic amines) is 1. The van der Waals surface area contributed by atoms with Gasteiger partial charge in [-0.25, -0.2) is 4.79 Å². The van der Waals surface area contributed by atoms with Gasteiger partial charge in [0.15, 0.2) is 0 Å². The maximum absolute atomic E-state index is 12.1. The third-order valence-electron chi connectivity index (χ3n) is 3.25. The van der Waals surface area contributed by atoms with Crippen LogP contribution in [0.2, 0.25) is 0 Å². The highest BCUT2D eigenvalue weighted by atomic mass is 31.2. The Morgan fingerprint density at radius 2 is 2.00 bits per heavy atom. The van der Waals surface area contributed by atoms with Gasteiger partial charge in [-0.15, -0.1) is 0 Å². The Hall–Kier alpha value is -0.910. The van der Waals surface area contributed by atoms with Gasteiger partial charge in [-0.3, -0.25) is 9.36 Å². The molecule has 0 saturated carbocycles. The number of carbonyl (C=O) groups is 2. The summed E-state index contributed by atoms with van der Waals surface area (Å²) in [5, 5.41) is 0. The molecule has 8 heteroatoms. The van der Waals surface area contributed by atoms with Crippen molar-refractivity contribution in [2.45, 2.75) is 31.8 Å². The maximum Gasteiger partial charge on any atom is 0.332 e. The van der Waals surface area contributed by atoms with E-state index < -0.39 is 25.6 Å². The summed E-state index contributed by atoms with van der Waals surface area (Å²) in [6.07, 6.45) is 0.744. The van der Waals surface area contributed by atoms with E-state index in [0.717, 1.165) is 0 Å². The molecule has 1 fully saturated rings. The molecule has 0 spiro atoms. The van der Waals surface area contributed by atoms with Crippen molar-refractivity contribution in [1.82, 2.24) is 4.90 Å². The van der Waals surface area contributed by atoms with Crippen LogP contribution in [0.3, 0.4) is 0 Å². The smallest absolute Gasteiger partial charge is 0.332 e. The molecule has 2 unspecified atom stereocenters. The van der Waals surface area contributed by atoms with E-state index in [1.54, 1.807) is 6.92 Å². The maximum atomic E-state index is 12.1. The molecular formula is C11H20NO6P. The zero-order chi connectivity index (χ0) is 14.6. The van der Waals surface area contributed by atoms with Crippen molar-refractivity contribution in [2.75, 3.05) is 27.5 Å². The highest BCUT2D eigenvalue weighted by Crippen LogP contribution is 2.47. The molecular weight excluding hydrogens is 273 g/mol. The van der Waals surface area contributed by atoms with Crippen LogP contribution in [0.15, 0.2) is 0 Å². The Labute approximate surface area is 112 Å². The van der Waals surface area contributed by atoms with Crippen LogP contribution < -0.4 is 0 Å². The van der Waals surface area contributed by atoms with E-state index in [0.29, 0.717) is 6.42 Å². The fraction of sp³-hybridized carbons (Fsp3) is 0.818. The molecule has 110 valence electrons. The summed E-state index contributed by atoms with van der Waals surface area (Å²) in [6.45, 7) is 1.71. The van der Waals surface area contributed by atoms with Crippen LogP contribution in [0.5, 0.6) is 0 Å². The molecule has 1 amide bonds. The summed E-state index contributed by atoms with van der Waals surface area (Å²) in [5.41, 5.74) is 0. The van der Waals surface area contributed by atoms with Crippen molar-refractivity contribution in [2.24, 2.45) is 0 Å². The number of amides is 1. The minimum Gasteiger partial charge on any atom is -0.467 e. The highest BCUT2D eigenvalue weighted by molar-refractivity contribution is 7.53. The summed E-state index contributed by atoms with van der Waals surface area (Å²) in [7, 11) is 0.638. The van der Waals surface area contributed by atoms with E-state index in [2.05, 4.69) is 4.74 Å². The van der Waals surface area contributed by atoms with Crippen LogP contribution in [-0.4, -0.2) is 56.4 Å². The van der Waals surface area contributed by atoms with Gasteiger partial charge in [0.1, 0.15) is 6.04 Å². The third-order valence-corrected chi connectivity index (χ3v) is 5.34. The topological polar surface area (TPSA) is 82.1 Å². The van der Waals surface area contributed by atoms with E-state index in [1.165, 1.54) is 26.2 Å². The normalized spacial score (nSPS) is 21.6. The third kappa shape index (κ3) is 3.55. The fourth-order valence-electron chi connectivity index (χ4n) is 2.26. The Kier molecular flexibility index (Phi) is 5.52. The number of hydrogen-bond acceptors (Lipinski definition) is 6. The zero-order valence-electron chi connectivity index (χ0n) is 11.6. The van der Waals surface area contributed by atoms with Crippen molar-refractivity contribution in [3.8, 4) is 0 Å². The lowest BCUT2D eigenvalue weighted by Gasteiger charge is -2.30. The van der Waals surface area contributed by atoms with Gasteiger partial charge in [-0.1, -0.05) is 0 Å². The van der Waals surface area contributed by atoms with Gasteiger partial charge in [0.2, 0.25) is 5.91 Å². The molecule has 2 atom stereocenters. The number of esters is 1. The van der Waals surface area contributed by atoms with Gasteiger partial charge in [0, 0.05) is 26.7 Å². The van der Waals surface area contributed by atoms with Crippen molar-refractivity contribution < 1.29 is 27.9 Å². The second-order valence-corrected chi connectivity index (χ2v) is 6.70. The first-order valence-corrected chi connectivity index (χ1v) is 7.71. The Morgan fingerprint density at radius 3 is 2.47 bits per heavy atom. The summed E-state index contributed by atoms with van der Waals surface area (Å²) < 4.78 is 26.5. The first-order valence-electron chi connectivity index (χ1n) is 5.98. The van der Waals surface area contributed by atoms with Crippen LogP contribution in [0, 0.1) is 0 Å². The first kappa shape index (κ1) is 16.1. The van der Waals surface area contributed by atoms with Gasteiger partial charge in [0.25, 0.3) is 0 Å². The average Bonchev–Trinajstić information content (AvgIpc) is 2.79. The molecule has 0 radical (unpaired) electrons. The Bertz CT molecular complexity index is 391. The summed E-state index contributed by atoms with van der Waals surface area (Å²) in [6, 6.07) is -1.04. The van der Waals surface area contributed by atoms with Gasteiger partial charge in [0.05, 0.1) is 13.3 Å². The Morgan fingerprint density at radius 1 is 1.42 bits per heavy atom. The monoisotopic (exact) mass is 293 g/mol. The lowest BCUT2D eigenvalue weighted by Crippen LogP contribution is -2.46. The van der Waals surface area contributed by atoms with Gasteiger partial charge >= 0.3 is 13.6 Å². The zero-order valence-corrected chi connectivity index (χ0v) is 12.5. The lowest BCUT2D eigenvalue weighted by molar-refractivity contribution is -0.150. The molecule has 1 aliphatic heterocycles. The van der Waals surface area contributed by atoms with Crippen molar-refractivity contribution in [1.29, 1.82) is 0 Å². The van der Waals surface area contributed by atoms with Crippen molar-refractivity contribution in [3.63, 3.8) is 0 Å². The highest BCUT2D eigenvalue weighted by Gasteiger charge is 2.41. The summed E-state index contributed by atoms with van der Waals surface area (Å²) >= 11 is 0. The molecule has 1 rings (SSSR count). The van der Waals surface area contributed by atoms with E-state index >= 15 is 0 Å². The van der Waals surface area contributed by atoms with Crippen LogP contribution in [-0.2, 0) is 27.9 Å². The first-order chi connectivity index (χ1) is 8.88. The predicted molar refractivity (Wildman–Crippen MR) is 67.8 cm³/mol. The van der Waals surface area contributed by atoms with E-state index in [-0.39, 0.29) is 18.5 Å². The SMILES string of the molecule is COC(=O)C1CCC(=O)N1C(C)CP(=O)(OC)OC.